The second-order valence-electron chi connectivity index (χ2n) is 6.39. The highest BCUT2D eigenvalue weighted by atomic mass is 16.4. The lowest BCUT2D eigenvalue weighted by Gasteiger charge is -2.33. The molecule has 20 heavy (non-hydrogen) atoms. The Morgan fingerprint density at radius 3 is 2.15 bits per heavy atom. The van der Waals surface area contributed by atoms with E-state index in [1.54, 1.807) is 4.90 Å². The van der Waals surface area contributed by atoms with Gasteiger partial charge in [-0.05, 0) is 25.2 Å². The molecule has 0 aromatic heterocycles. The van der Waals surface area contributed by atoms with Gasteiger partial charge in [0.1, 0.15) is 6.04 Å². The lowest BCUT2D eigenvalue weighted by molar-refractivity contribution is -0.142. The Bertz CT molecular complexity index is 324. The Labute approximate surface area is 122 Å². The van der Waals surface area contributed by atoms with Gasteiger partial charge in [-0.25, -0.2) is 9.59 Å². The molecule has 0 aromatic carbocycles. The molecule has 0 heterocycles. The zero-order valence-electron chi connectivity index (χ0n) is 13.7. The Kier molecular flexibility index (Phi) is 7.61. The van der Waals surface area contributed by atoms with Gasteiger partial charge in [-0.1, -0.05) is 41.0 Å². The minimum atomic E-state index is -0.995. The first-order chi connectivity index (χ1) is 9.15. The number of carbonyl (C=O) groups is 2. The molecule has 0 saturated heterocycles. The number of hydrogen-bond acceptors (Lipinski definition) is 2. The molecule has 2 amide bonds. The SMILES string of the molecule is CCCCN(C(=O)N[C@@H](C(=O)O)C(C)(C)C)C(C)CC. The van der Waals surface area contributed by atoms with Gasteiger partial charge in [0.15, 0.2) is 0 Å². The minimum Gasteiger partial charge on any atom is -0.480 e. The normalized spacial score (nSPS) is 14.5. The summed E-state index contributed by atoms with van der Waals surface area (Å²) in [4.78, 5) is 25.4. The molecule has 5 heteroatoms. The van der Waals surface area contributed by atoms with Gasteiger partial charge in [0.25, 0.3) is 0 Å². The number of carboxylic acids is 1. The van der Waals surface area contributed by atoms with Gasteiger partial charge in [-0.15, -0.1) is 0 Å². The van der Waals surface area contributed by atoms with E-state index >= 15 is 0 Å². The lowest BCUT2D eigenvalue weighted by Crippen LogP contribution is -2.55. The molecule has 2 N–H and O–H groups in total. The van der Waals surface area contributed by atoms with Crippen LogP contribution in [0.25, 0.3) is 0 Å². The van der Waals surface area contributed by atoms with Crippen LogP contribution in [0.15, 0.2) is 0 Å². The molecule has 0 aliphatic heterocycles. The fourth-order valence-corrected chi connectivity index (χ4v) is 1.93. The molecule has 0 spiro atoms. The van der Waals surface area contributed by atoms with Gasteiger partial charge >= 0.3 is 12.0 Å². The average Bonchev–Trinajstić information content (AvgIpc) is 2.34. The maximum Gasteiger partial charge on any atom is 0.326 e. The van der Waals surface area contributed by atoms with Crippen LogP contribution in [-0.4, -0.2) is 40.6 Å². The summed E-state index contributed by atoms with van der Waals surface area (Å²) >= 11 is 0. The van der Waals surface area contributed by atoms with E-state index in [9.17, 15) is 14.7 Å². The Hall–Kier alpha value is -1.26. The third-order valence-electron chi connectivity index (χ3n) is 3.52. The first kappa shape index (κ1) is 18.7. The summed E-state index contributed by atoms with van der Waals surface area (Å²) in [5, 5.41) is 11.9. The van der Waals surface area contributed by atoms with Crippen LogP contribution in [0.4, 0.5) is 4.79 Å². The molecule has 2 atom stereocenters. The van der Waals surface area contributed by atoms with Gasteiger partial charge in [0.05, 0.1) is 0 Å². The molecular formula is C15H30N2O3. The van der Waals surface area contributed by atoms with E-state index in [1.165, 1.54) is 0 Å². The second-order valence-corrected chi connectivity index (χ2v) is 6.39. The molecule has 0 aliphatic rings. The van der Waals surface area contributed by atoms with Crippen molar-refractivity contribution < 1.29 is 14.7 Å². The number of urea groups is 1. The number of hydrogen-bond donors (Lipinski definition) is 2. The van der Waals surface area contributed by atoms with E-state index in [1.807, 2.05) is 34.6 Å². The zero-order chi connectivity index (χ0) is 15.9. The smallest absolute Gasteiger partial charge is 0.326 e. The largest absolute Gasteiger partial charge is 0.480 e. The summed E-state index contributed by atoms with van der Waals surface area (Å²) in [6.07, 6.45) is 2.78. The fraction of sp³-hybridized carbons (Fsp3) is 0.867. The van der Waals surface area contributed by atoms with Crippen molar-refractivity contribution in [3.05, 3.63) is 0 Å². The molecule has 0 aliphatic carbocycles. The summed E-state index contributed by atoms with van der Waals surface area (Å²) in [6.45, 7) is 12.2. The number of rotatable bonds is 7. The fourth-order valence-electron chi connectivity index (χ4n) is 1.93. The topological polar surface area (TPSA) is 69.6 Å². The third kappa shape index (κ3) is 5.80. The highest BCUT2D eigenvalue weighted by Crippen LogP contribution is 2.20. The van der Waals surface area contributed by atoms with Crippen molar-refractivity contribution in [3.8, 4) is 0 Å². The van der Waals surface area contributed by atoms with Crippen LogP contribution in [0.3, 0.4) is 0 Å². The minimum absolute atomic E-state index is 0.107. The highest BCUT2D eigenvalue weighted by molar-refractivity contribution is 5.83. The van der Waals surface area contributed by atoms with Crippen LogP contribution in [0, 0.1) is 5.41 Å². The van der Waals surface area contributed by atoms with Gasteiger partial charge in [0.2, 0.25) is 0 Å². The Morgan fingerprint density at radius 1 is 1.25 bits per heavy atom. The van der Waals surface area contributed by atoms with Crippen molar-refractivity contribution in [3.63, 3.8) is 0 Å². The molecule has 5 nitrogen and oxygen atoms in total. The van der Waals surface area contributed by atoms with Gasteiger partial charge in [-0.2, -0.15) is 0 Å². The molecule has 0 rings (SSSR count). The monoisotopic (exact) mass is 286 g/mol. The first-order valence-electron chi connectivity index (χ1n) is 7.45. The number of carboxylic acid groups (broad SMARTS) is 1. The number of unbranched alkanes of at least 4 members (excludes halogenated alkanes) is 1. The number of aliphatic carboxylic acids is 1. The van der Waals surface area contributed by atoms with Crippen LogP contribution >= 0.6 is 0 Å². The van der Waals surface area contributed by atoms with Gasteiger partial charge < -0.3 is 15.3 Å². The summed E-state index contributed by atoms with van der Waals surface area (Å²) in [6, 6.07) is -1.06. The second kappa shape index (κ2) is 8.12. The van der Waals surface area contributed by atoms with E-state index in [0.717, 1.165) is 19.3 Å². The van der Waals surface area contributed by atoms with Crippen molar-refractivity contribution in [2.24, 2.45) is 5.41 Å². The zero-order valence-corrected chi connectivity index (χ0v) is 13.7. The predicted octanol–water partition coefficient (Wildman–Crippen LogP) is 3.10. The molecule has 0 saturated carbocycles. The van der Waals surface area contributed by atoms with Gasteiger partial charge in [-0.3, -0.25) is 0 Å². The van der Waals surface area contributed by atoms with E-state index < -0.39 is 17.4 Å². The average molecular weight is 286 g/mol. The number of carbonyl (C=O) groups excluding carboxylic acids is 1. The third-order valence-corrected chi connectivity index (χ3v) is 3.52. The summed E-state index contributed by atoms with van der Waals surface area (Å²) < 4.78 is 0. The van der Waals surface area contributed by atoms with Crippen LogP contribution in [0.1, 0.15) is 60.8 Å². The van der Waals surface area contributed by atoms with Crippen LogP contribution in [-0.2, 0) is 4.79 Å². The van der Waals surface area contributed by atoms with Crippen molar-refractivity contribution in [2.75, 3.05) is 6.54 Å². The van der Waals surface area contributed by atoms with Crippen molar-refractivity contribution in [1.82, 2.24) is 10.2 Å². The summed E-state index contributed by atoms with van der Waals surface area (Å²) in [7, 11) is 0. The predicted molar refractivity (Wildman–Crippen MR) is 80.8 cm³/mol. The molecule has 0 aromatic rings. The Balaban J connectivity index is 4.92. The Morgan fingerprint density at radius 2 is 1.80 bits per heavy atom. The summed E-state index contributed by atoms with van der Waals surface area (Å²) in [5.74, 6) is -0.995. The quantitative estimate of drug-likeness (QED) is 0.755. The van der Waals surface area contributed by atoms with Gasteiger partial charge in [0, 0.05) is 12.6 Å². The van der Waals surface area contributed by atoms with Crippen LogP contribution in [0.5, 0.6) is 0 Å². The van der Waals surface area contributed by atoms with Crippen molar-refractivity contribution in [2.45, 2.75) is 72.9 Å². The van der Waals surface area contributed by atoms with Crippen LogP contribution < -0.4 is 5.32 Å². The molecule has 0 radical (unpaired) electrons. The molecular weight excluding hydrogens is 256 g/mol. The van der Waals surface area contributed by atoms with Crippen molar-refractivity contribution >= 4 is 12.0 Å². The van der Waals surface area contributed by atoms with E-state index in [-0.39, 0.29) is 12.1 Å². The number of nitrogens with zero attached hydrogens (tertiary/aromatic N) is 1. The summed E-state index contributed by atoms with van der Waals surface area (Å²) in [5.41, 5.74) is -0.520. The molecule has 118 valence electrons. The van der Waals surface area contributed by atoms with Crippen molar-refractivity contribution in [1.29, 1.82) is 0 Å². The maximum absolute atomic E-state index is 12.4. The molecule has 1 unspecified atom stereocenters. The number of nitrogens with one attached hydrogen (secondary N) is 1. The van der Waals surface area contributed by atoms with E-state index in [2.05, 4.69) is 12.2 Å². The highest BCUT2D eigenvalue weighted by Gasteiger charge is 2.34. The standard InChI is InChI=1S/C15H30N2O3/c1-7-9-10-17(11(3)8-2)14(20)16-12(13(18)19)15(4,5)6/h11-12H,7-10H2,1-6H3,(H,16,20)(H,18,19)/t11?,12-/m0/s1. The molecule has 0 fully saturated rings. The number of amides is 2. The molecule has 0 bridgehead atoms. The van der Waals surface area contributed by atoms with Crippen LogP contribution in [0.2, 0.25) is 0 Å². The maximum atomic E-state index is 12.4. The first-order valence-corrected chi connectivity index (χ1v) is 7.45. The van der Waals surface area contributed by atoms with E-state index in [0.29, 0.717) is 6.54 Å². The lowest BCUT2D eigenvalue weighted by atomic mass is 9.87. The van der Waals surface area contributed by atoms with E-state index in [4.69, 9.17) is 0 Å².